The van der Waals surface area contributed by atoms with Gasteiger partial charge in [0.25, 0.3) is 5.91 Å². The Balaban J connectivity index is 1.67. The van der Waals surface area contributed by atoms with E-state index in [9.17, 15) is 13.2 Å². The van der Waals surface area contributed by atoms with Crippen LogP contribution in [0.15, 0.2) is 59.5 Å². The van der Waals surface area contributed by atoms with Crippen LogP contribution in [0.2, 0.25) is 5.02 Å². The minimum Gasteiger partial charge on any atom is -0.365 e. The molecule has 1 heterocycles. The Morgan fingerprint density at radius 1 is 1.12 bits per heavy atom. The quantitative estimate of drug-likeness (QED) is 0.861. The van der Waals surface area contributed by atoms with E-state index in [1.165, 1.54) is 12.1 Å². The minimum atomic E-state index is -3.75. The number of anilines is 1. The molecule has 1 saturated heterocycles. The highest BCUT2D eigenvalue weighted by molar-refractivity contribution is 7.89. The number of hydrogen-bond acceptors (Lipinski definition) is 4. The second kappa shape index (κ2) is 7.53. The fourth-order valence-corrected chi connectivity index (χ4v) is 4.13. The van der Waals surface area contributed by atoms with Gasteiger partial charge in [-0.15, -0.1) is 0 Å². The van der Waals surface area contributed by atoms with Gasteiger partial charge in [0.15, 0.2) is 0 Å². The molecule has 1 fully saturated rings. The molecule has 3 rings (SSSR count). The van der Waals surface area contributed by atoms with Crippen LogP contribution in [0.25, 0.3) is 0 Å². The predicted molar refractivity (Wildman–Crippen MR) is 95.2 cm³/mol. The highest BCUT2D eigenvalue weighted by Gasteiger charge is 2.28. The molecule has 0 radical (unpaired) electrons. The Morgan fingerprint density at radius 2 is 1.80 bits per heavy atom. The van der Waals surface area contributed by atoms with Crippen molar-refractivity contribution in [2.45, 2.75) is 11.0 Å². The molecular formula is C17H17ClN2O4S. The molecule has 1 amide bonds. The van der Waals surface area contributed by atoms with Crippen molar-refractivity contribution < 1.29 is 17.9 Å². The summed E-state index contributed by atoms with van der Waals surface area (Å²) in [5, 5.41) is 0.153. The van der Waals surface area contributed by atoms with Gasteiger partial charge in [0.2, 0.25) is 10.0 Å². The minimum absolute atomic E-state index is 0.0171. The molecule has 0 saturated carbocycles. The third-order valence-corrected chi connectivity index (χ3v) is 5.75. The fourth-order valence-electron chi connectivity index (χ4n) is 2.55. The number of benzene rings is 2. The van der Waals surface area contributed by atoms with Crippen LogP contribution < -0.4 is 9.62 Å². The van der Waals surface area contributed by atoms with Gasteiger partial charge < -0.3 is 9.64 Å². The van der Waals surface area contributed by atoms with Gasteiger partial charge >= 0.3 is 0 Å². The average Bonchev–Trinajstić information content (AvgIpc) is 2.62. The zero-order chi connectivity index (χ0) is 17.9. The summed E-state index contributed by atoms with van der Waals surface area (Å²) in [5.74, 6) is -0.156. The molecule has 1 N–H and O–H groups in total. The van der Waals surface area contributed by atoms with Crippen molar-refractivity contribution in [3.8, 4) is 0 Å². The van der Waals surface area contributed by atoms with Gasteiger partial charge in [-0.3, -0.25) is 4.79 Å². The van der Waals surface area contributed by atoms with Gasteiger partial charge in [-0.1, -0.05) is 41.9 Å². The molecular weight excluding hydrogens is 364 g/mol. The number of rotatable bonds is 5. The largest absolute Gasteiger partial charge is 0.365 e. The molecule has 0 bridgehead atoms. The molecule has 6 nitrogen and oxygen atoms in total. The molecule has 0 spiro atoms. The second-order valence-corrected chi connectivity index (χ2v) is 7.70. The van der Waals surface area contributed by atoms with E-state index in [1.54, 1.807) is 17.0 Å². The first kappa shape index (κ1) is 17.9. The summed E-state index contributed by atoms with van der Waals surface area (Å²) in [5.41, 5.74) is 0.759. The summed E-state index contributed by atoms with van der Waals surface area (Å²) in [7, 11) is -3.75. The summed E-state index contributed by atoms with van der Waals surface area (Å²) in [4.78, 5) is 13.7. The molecule has 0 aliphatic carbocycles. The number of carbonyl (C=O) groups excluding carboxylic acids is 1. The van der Waals surface area contributed by atoms with E-state index in [1.807, 2.05) is 30.3 Å². The standard InChI is InChI=1S/C17H17ClN2O4S/c18-15-8-4-5-9-16(15)25(22,23)19-10-14-11-20(17(21)12-24-14)13-6-2-1-3-7-13/h1-9,14,19H,10-12H2. The molecule has 0 aromatic heterocycles. The van der Waals surface area contributed by atoms with Crippen molar-refractivity contribution in [2.24, 2.45) is 0 Å². The van der Waals surface area contributed by atoms with Crippen LogP contribution in [0.3, 0.4) is 0 Å². The lowest BCUT2D eigenvalue weighted by Crippen LogP contribution is -2.50. The molecule has 1 unspecified atom stereocenters. The first-order chi connectivity index (χ1) is 12.0. The van der Waals surface area contributed by atoms with E-state index >= 15 is 0 Å². The number of carbonyl (C=O) groups is 1. The highest BCUT2D eigenvalue weighted by Crippen LogP contribution is 2.21. The van der Waals surface area contributed by atoms with Crippen molar-refractivity contribution >= 4 is 33.2 Å². The maximum Gasteiger partial charge on any atom is 0.253 e. The summed E-state index contributed by atoms with van der Waals surface area (Å²) >= 11 is 5.95. The van der Waals surface area contributed by atoms with Crippen LogP contribution in [0.5, 0.6) is 0 Å². The Hall–Kier alpha value is -1.93. The van der Waals surface area contributed by atoms with Crippen LogP contribution in [0.1, 0.15) is 0 Å². The molecule has 1 aliphatic rings. The van der Waals surface area contributed by atoms with Crippen LogP contribution in [-0.2, 0) is 19.6 Å². The molecule has 8 heteroatoms. The Bertz CT molecular complexity index is 858. The third kappa shape index (κ3) is 4.19. The SMILES string of the molecule is O=C1COC(CNS(=O)(=O)c2ccccc2Cl)CN1c1ccccc1. The molecule has 1 atom stereocenters. The topological polar surface area (TPSA) is 75.7 Å². The Labute approximate surface area is 151 Å². The maximum atomic E-state index is 12.4. The van der Waals surface area contributed by atoms with Crippen LogP contribution >= 0.6 is 11.6 Å². The van der Waals surface area contributed by atoms with Gasteiger partial charge in [-0.2, -0.15) is 0 Å². The van der Waals surface area contributed by atoms with E-state index in [2.05, 4.69) is 4.72 Å². The van der Waals surface area contributed by atoms with Gasteiger partial charge in [-0.25, -0.2) is 13.1 Å². The first-order valence-electron chi connectivity index (χ1n) is 7.68. The number of halogens is 1. The number of nitrogens with one attached hydrogen (secondary N) is 1. The first-order valence-corrected chi connectivity index (χ1v) is 9.55. The molecule has 1 aliphatic heterocycles. The van der Waals surface area contributed by atoms with E-state index in [-0.39, 0.29) is 35.5 Å². The lowest BCUT2D eigenvalue weighted by Gasteiger charge is -2.32. The van der Waals surface area contributed by atoms with Crippen LogP contribution in [0, 0.1) is 0 Å². The van der Waals surface area contributed by atoms with Crippen LogP contribution in [0.4, 0.5) is 5.69 Å². The van der Waals surface area contributed by atoms with Crippen molar-refractivity contribution in [1.29, 1.82) is 0 Å². The Kier molecular flexibility index (Phi) is 5.39. The summed E-state index contributed by atoms with van der Waals surface area (Å²) in [6.45, 7) is 0.228. The number of ether oxygens (including phenoxy) is 1. The van der Waals surface area contributed by atoms with Gasteiger partial charge in [0, 0.05) is 12.2 Å². The predicted octanol–water partition coefficient (Wildman–Crippen LogP) is 2.05. The lowest BCUT2D eigenvalue weighted by atomic mass is 10.2. The smallest absolute Gasteiger partial charge is 0.253 e. The van der Waals surface area contributed by atoms with Crippen molar-refractivity contribution in [3.63, 3.8) is 0 Å². The highest BCUT2D eigenvalue weighted by atomic mass is 35.5. The van der Waals surface area contributed by atoms with Gasteiger partial charge in [0.1, 0.15) is 11.5 Å². The normalized spacial score (nSPS) is 18.4. The van der Waals surface area contributed by atoms with Gasteiger partial charge in [-0.05, 0) is 24.3 Å². The number of hydrogen-bond donors (Lipinski definition) is 1. The summed E-state index contributed by atoms with van der Waals surface area (Å²) in [6.07, 6.45) is -0.449. The van der Waals surface area contributed by atoms with E-state index in [0.29, 0.717) is 0 Å². The van der Waals surface area contributed by atoms with Crippen molar-refractivity contribution in [3.05, 3.63) is 59.6 Å². The zero-order valence-corrected chi connectivity index (χ0v) is 14.8. The maximum absolute atomic E-state index is 12.4. The second-order valence-electron chi connectivity index (χ2n) is 5.56. The fraction of sp³-hybridized carbons (Fsp3) is 0.235. The summed E-state index contributed by atoms with van der Waals surface area (Å²) in [6, 6.07) is 15.4. The van der Waals surface area contributed by atoms with Gasteiger partial charge in [0.05, 0.1) is 17.7 Å². The van der Waals surface area contributed by atoms with E-state index in [0.717, 1.165) is 5.69 Å². The van der Waals surface area contributed by atoms with E-state index < -0.39 is 16.1 Å². The molecule has 25 heavy (non-hydrogen) atoms. The third-order valence-electron chi connectivity index (χ3n) is 3.82. The number of para-hydroxylation sites is 1. The number of morpholine rings is 1. The Morgan fingerprint density at radius 3 is 2.52 bits per heavy atom. The average molecular weight is 381 g/mol. The number of amides is 1. The summed E-state index contributed by atoms with van der Waals surface area (Å²) < 4.78 is 32.7. The molecule has 2 aromatic carbocycles. The van der Waals surface area contributed by atoms with Crippen molar-refractivity contribution in [1.82, 2.24) is 4.72 Å². The lowest BCUT2D eigenvalue weighted by molar-refractivity contribution is -0.129. The number of sulfonamides is 1. The molecule has 132 valence electrons. The van der Waals surface area contributed by atoms with Crippen LogP contribution in [-0.4, -0.2) is 40.1 Å². The molecule has 2 aromatic rings. The zero-order valence-electron chi connectivity index (χ0n) is 13.3. The number of nitrogens with zero attached hydrogens (tertiary/aromatic N) is 1. The van der Waals surface area contributed by atoms with E-state index in [4.69, 9.17) is 16.3 Å². The monoisotopic (exact) mass is 380 g/mol. The van der Waals surface area contributed by atoms with Crippen molar-refractivity contribution in [2.75, 3.05) is 24.6 Å².